The van der Waals surface area contributed by atoms with E-state index in [-0.39, 0.29) is 4.99 Å². The minimum absolute atomic E-state index is 0.177. The molecule has 2 N–H and O–H groups in total. The number of quaternary nitrogens is 1. The molecule has 20 heavy (non-hydrogen) atoms. The smallest absolute Gasteiger partial charge is 0.277 e. The van der Waals surface area contributed by atoms with E-state index >= 15 is 0 Å². The van der Waals surface area contributed by atoms with Gasteiger partial charge in [-0.15, -0.1) is 0 Å². The molecule has 0 spiro atoms. The first-order chi connectivity index (χ1) is 9.40. The Morgan fingerprint density at radius 3 is 2.65 bits per heavy atom. The number of hydroxylamine groups is 2. The van der Waals surface area contributed by atoms with E-state index in [2.05, 4.69) is 0 Å². The van der Waals surface area contributed by atoms with Crippen LogP contribution in [0.5, 0.6) is 0 Å². The number of anilines is 1. The fraction of sp³-hybridized carbons (Fsp3) is 0.214. The lowest BCUT2D eigenvalue weighted by Crippen LogP contribution is -2.46. The number of nitrogen functional groups attached to an aromatic ring is 1. The molecule has 1 aliphatic rings. The van der Waals surface area contributed by atoms with Crippen LogP contribution >= 0.6 is 0 Å². The Labute approximate surface area is 119 Å². The summed E-state index contributed by atoms with van der Waals surface area (Å²) in [5.41, 5.74) is 7.68. The Kier molecular flexibility index (Phi) is 3.80. The Balaban J connectivity index is 2.77. The molecule has 0 aromatic heterocycles. The molecule has 0 saturated carbocycles. The molecule has 1 aliphatic heterocycles. The molecule has 0 saturated heterocycles. The minimum atomic E-state index is -2.60. The Bertz CT molecular complexity index is 740. The first-order valence-electron chi connectivity index (χ1n) is 6.22. The van der Waals surface area contributed by atoms with Crippen LogP contribution in [0, 0.1) is 12.1 Å². The molecule has 0 bridgehead atoms. The first kappa shape index (κ1) is 14.5. The summed E-state index contributed by atoms with van der Waals surface area (Å²) in [6.07, 6.45) is 5.02. The molecule has 0 amide bonds. The summed E-state index contributed by atoms with van der Waals surface area (Å²) >= 11 is 0. The van der Waals surface area contributed by atoms with Crippen LogP contribution in [-0.2, 0) is 10.3 Å². The molecular weight excluding hydrogens is 276 g/mol. The second kappa shape index (κ2) is 5.24. The van der Waals surface area contributed by atoms with Gasteiger partial charge in [0.1, 0.15) is 11.9 Å². The average molecular weight is 292 g/mol. The van der Waals surface area contributed by atoms with E-state index in [0.29, 0.717) is 28.9 Å². The van der Waals surface area contributed by atoms with Crippen molar-refractivity contribution in [2.45, 2.75) is 20.3 Å². The molecule has 1 aromatic rings. The van der Waals surface area contributed by atoms with E-state index in [1.807, 2.05) is 6.92 Å². The van der Waals surface area contributed by atoms with Gasteiger partial charge in [0.25, 0.3) is 15.3 Å². The molecule has 1 unspecified atom stereocenters. The van der Waals surface area contributed by atoms with E-state index in [0.717, 1.165) is 0 Å². The van der Waals surface area contributed by atoms with Gasteiger partial charge in [0.2, 0.25) is 0 Å². The van der Waals surface area contributed by atoms with E-state index < -0.39 is 14.9 Å². The van der Waals surface area contributed by atoms with Gasteiger partial charge < -0.3 is 10.9 Å². The van der Waals surface area contributed by atoms with Crippen LogP contribution in [0.4, 0.5) is 11.4 Å². The topological polar surface area (TPSA) is 83.2 Å². The maximum absolute atomic E-state index is 13.2. The van der Waals surface area contributed by atoms with Crippen molar-refractivity contribution in [3.8, 4) is 0 Å². The third kappa shape index (κ3) is 2.29. The van der Waals surface area contributed by atoms with Crippen molar-refractivity contribution >= 4 is 26.7 Å². The van der Waals surface area contributed by atoms with Gasteiger partial charge in [-0.05, 0) is 31.6 Å². The number of aryl methyl sites for hydroxylation is 1. The molecule has 0 fully saturated rings. The van der Waals surface area contributed by atoms with E-state index in [1.165, 1.54) is 12.3 Å². The number of benzene rings is 1. The van der Waals surface area contributed by atoms with Crippen molar-refractivity contribution in [3.05, 3.63) is 52.9 Å². The number of nitrogens with two attached hydrogens (primary N) is 1. The average Bonchev–Trinajstić information content (AvgIpc) is 2.40. The molecule has 6 heteroatoms. The quantitative estimate of drug-likeness (QED) is 0.392. The predicted molar refractivity (Wildman–Crippen MR) is 82.2 cm³/mol. The summed E-state index contributed by atoms with van der Waals surface area (Å²) in [5.74, 6) is 0. The molecule has 1 atom stereocenters. The van der Waals surface area contributed by atoms with Crippen LogP contribution in [-0.4, -0.2) is 13.4 Å². The monoisotopic (exact) mass is 292 g/mol. The van der Waals surface area contributed by atoms with Gasteiger partial charge in [0.05, 0.1) is 0 Å². The largest absolute Gasteiger partial charge is 0.616 e. The third-order valence-electron chi connectivity index (χ3n) is 3.30. The summed E-state index contributed by atoms with van der Waals surface area (Å²) in [4.78, 5) is -0.177. The third-order valence-corrected chi connectivity index (χ3v) is 4.15. The fourth-order valence-corrected chi connectivity index (χ4v) is 3.10. The SMILES string of the molecule is CCC1=CC=C[N+]([O-])(c2cc(N)ccc2C)C1=S(=O)=O. The standard InChI is InChI=1S/C14H16N2O3S/c1-3-11-5-4-8-16(17,14(11)20(18)19)13-9-12(15)7-6-10(13)2/h4-9H,3,15H2,1-2H3. The molecule has 5 nitrogen and oxygen atoms in total. The Hall–Kier alpha value is -1.89. The molecule has 2 rings (SSSR count). The summed E-state index contributed by atoms with van der Waals surface area (Å²) in [6, 6.07) is 4.92. The van der Waals surface area contributed by atoms with Crippen molar-refractivity contribution in [2.24, 2.45) is 0 Å². The highest BCUT2D eigenvalue weighted by molar-refractivity contribution is 7.73. The molecular formula is C14H16N2O3S. The van der Waals surface area contributed by atoms with E-state index in [1.54, 1.807) is 31.2 Å². The maximum atomic E-state index is 13.2. The zero-order valence-corrected chi connectivity index (χ0v) is 12.1. The van der Waals surface area contributed by atoms with Gasteiger partial charge in [-0.25, -0.2) is 0 Å². The fourth-order valence-electron chi connectivity index (χ4n) is 2.29. The van der Waals surface area contributed by atoms with Crippen LogP contribution in [0.2, 0.25) is 0 Å². The normalized spacial score (nSPS) is 21.8. The highest BCUT2D eigenvalue weighted by atomic mass is 32.2. The van der Waals surface area contributed by atoms with Crippen molar-refractivity contribution in [2.75, 3.05) is 5.73 Å². The second-order valence-corrected chi connectivity index (χ2v) is 5.49. The van der Waals surface area contributed by atoms with Gasteiger partial charge in [-0.3, -0.25) is 4.65 Å². The van der Waals surface area contributed by atoms with Crippen LogP contribution in [0.3, 0.4) is 0 Å². The number of allylic oxidation sites excluding steroid dienone is 2. The van der Waals surface area contributed by atoms with E-state index in [9.17, 15) is 13.6 Å². The molecule has 106 valence electrons. The van der Waals surface area contributed by atoms with Crippen molar-refractivity contribution in [1.29, 1.82) is 0 Å². The van der Waals surface area contributed by atoms with Gasteiger partial charge in [-0.1, -0.05) is 13.0 Å². The molecule has 1 heterocycles. The molecule has 0 aliphatic carbocycles. The maximum Gasteiger partial charge on any atom is 0.277 e. The number of nitrogens with zero attached hydrogens (tertiary/aromatic N) is 1. The highest BCUT2D eigenvalue weighted by Gasteiger charge is 2.33. The summed E-state index contributed by atoms with van der Waals surface area (Å²) in [7, 11) is -2.60. The summed E-state index contributed by atoms with van der Waals surface area (Å²) < 4.78 is 22.0. The Morgan fingerprint density at radius 1 is 1.35 bits per heavy atom. The van der Waals surface area contributed by atoms with Crippen LogP contribution in [0.15, 0.2) is 42.1 Å². The lowest BCUT2D eigenvalue weighted by atomic mass is 10.1. The van der Waals surface area contributed by atoms with Gasteiger partial charge in [0, 0.05) is 22.9 Å². The van der Waals surface area contributed by atoms with Crippen molar-refractivity contribution in [3.63, 3.8) is 0 Å². The zero-order valence-electron chi connectivity index (χ0n) is 11.3. The summed E-state index contributed by atoms with van der Waals surface area (Å²) in [5, 5.41) is 13.2. The lowest BCUT2D eigenvalue weighted by molar-refractivity contribution is 0.622. The minimum Gasteiger partial charge on any atom is -0.616 e. The van der Waals surface area contributed by atoms with Crippen LogP contribution in [0.25, 0.3) is 0 Å². The van der Waals surface area contributed by atoms with Crippen LogP contribution in [0.1, 0.15) is 18.9 Å². The van der Waals surface area contributed by atoms with Gasteiger partial charge in [-0.2, -0.15) is 8.42 Å². The first-order valence-corrected chi connectivity index (χ1v) is 7.29. The number of rotatable bonds is 2. The number of hydrogen-bond donors (Lipinski definition) is 1. The lowest BCUT2D eigenvalue weighted by Gasteiger charge is -2.40. The van der Waals surface area contributed by atoms with Gasteiger partial charge >= 0.3 is 0 Å². The Morgan fingerprint density at radius 2 is 2.05 bits per heavy atom. The molecule has 1 aromatic carbocycles. The summed E-state index contributed by atoms with van der Waals surface area (Å²) in [6.45, 7) is 3.57. The highest BCUT2D eigenvalue weighted by Crippen LogP contribution is 2.33. The number of hydrogen-bond acceptors (Lipinski definition) is 4. The van der Waals surface area contributed by atoms with Crippen molar-refractivity contribution < 1.29 is 8.42 Å². The van der Waals surface area contributed by atoms with Gasteiger partial charge in [0.15, 0.2) is 0 Å². The predicted octanol–water partition coefficient (Wildman–Crippen LogP) is 2.26. The van der Waals surface area contributed by atoms with Crippen molar-refractivity contribution in [1.82, 2.24) is 4.65 Å². The molecule has 0 radical (unpaired) electrons. The van der Waals surface area contributed by atoms with Crippen LogP contribution < -0.4 is 10.4 Å². The van der Waals surface area contributed by atoms with E-state index in [4.69, 9.17) is 5.73 Å². The zero-order chi connectivity index (χ0) is 14.9. The second-order valence-electron chi connectivity index (χ2n) is 4.63.